The van der Waals surface area contributed by atoms with Crippen LogP contribution in [0.1, 0.15) is 26.7 Å². The minimum atomic E-state index is 0.401. The van der Waals surface area contributed by atoms with E-state index in [2.05, 4.69) is 29.1 Å². The molecule has 1 heterocycles. The van der Waals surface area contributed by atoms with Crippen molar-refractivity contribution in [3.8, 4) is 11.5 Å². The van der Waals surface area contributed by atoms with E-state index in [1.54, 1.807) is 14.2 Å². The Balaban J connectivity index is 1.91. The zero-order chi connectivity index (χ0) is 17.5. The summed E-state index contributed by atoms with van der Waals surface area (Å²) < 4.78 is 10.5. The van der Waals surface area contributed by atoms with Crippen LogP contribution in [0, 0.1) is 5.92 Å². The van der Waals surface area contributed by atoms with Gasteiger partial charge in [0, 0.05) is 24.3 Å². The van der Waals surface area contributed by atoms with E-state index in [1.807, 2.05) is 18.2 Å². The van der Waals surface area contributed by atoms with Crippen molar-refractivity contribution in [2.24, 2.45) is 16.6 Å². The molecule has 0 amide bonds. The summed E-state index contributed by atoms with van der Waals surface area (Å²) in [7, 11) is 3.23. The van der Waals surface area contributed by atoms with Crippen molar-refractivity contribution in [3.05, 3.63) is 18.2 Å². The second-order valence-corrected chi connectivity index (χ2v) is 6.51. The number of aliphatic imine (C=N–C) groups is 1. The van der Waals surface area contributed by atoms with Crippen LogP contribution in [0.15, 0.2) is 23.2 Å². The molecule has 1 fully saturated rings. The third-order valence-corrected chi connectivity index (χ3v) is 4.49. The minimum absolute atomic E-state index is 0.401. The number of nitrogens with one attached hydrogen (secondary N) is 1. The van der Waals surface area contributed by atoms with Crippen LogP contribution in [0.2, 0.25) is 0 Å². The first-order valence-corrected chi connectivity index (χ1v) is 8.56. The summed E-state index contributed by atoms with van der Waals surface area (Å²) in [6, 6.07) is 5.97. The number of hydrogen-bond donors (Lipinski definition) is 2. The Morgan fingerprint density at radius 1 is 1.38 bits per heavy atom. The molecule has 3 N–H and O–H groups in total. The molecule has 6 nitrogen and oxygen atoms in total. The highest BCUT2D eigenvalue weighted by Gasteiger charge is 2.20. The summed E-state index contributed by atoms with van der Waals surface area (Å²) in [6.07, 6.45) is 2.60. The zero-order valence-electron chi connectivity index (χ0n) is 15.2. The standard InChI is InChI=1S/C18H30N4O2/c1-13-6-5-9-22(12-13)14(2)11-20-18(19)21-15-7-8-16(23-3)17(10-15)24-4/h7-8,10,13-14H,5-6,9,11-12H2,1-4H3,(H3,19,20,21). The van der Waals surface area contributed by atoms with Crippen LogP contribution >= 0.6 is 0 Å². The Bertz CT molecular complexity index is 562. The van der Waals surface area contributed by atoms with Crippen LogP contribution in [0.5, 0.6) is 11.5 Å². The Labute approximate surface area is 145 Å². The quantitative estimate of drug-likeness (QED) is 0.618. The number of nitrogens with two attached hydrogens (primary N) is 1. The fourth-order valence-electron chi connectivity index (χ4n) is 3.07. The van der Waals surface area contributed by atoms with Gasteiger partial charge in [0.05, 0.1) is 20.8 Å². The second-order valence-electron chi connectivity index (χ2n) is 6.51. The number of guanidine groups is 1. The average Bonchev–Trinajstić information content (AvgIpc) is 2.59. The third-order valence-electron chi connectivity index (χ3n) is 4.49. The summed E-state index contributed by atoms with van der Waals surface area (Å²) in [6.45, 7) is 7.53. The van der Waals surface area contributed by atoms with Gasteiger partial charge in [-0.1, -0.05) is 6.92 Å². The van der Waals surface area contributed by atoms with Gasteiger partial charge in [-0.05, 0) is 44.4 Å². The maximum absolute atomic E-state index is 6.02. The number of anilines is 1. The topological polar surface area (TPSA) is 72.1 Å². The lowest BCUT2D eigenvalue weighted by Gasteiger charge is -2.34. The number of methoxy groups -OCH3 is 2. The molecular formula is C18H30N4O2. The van der Waals surface area contributed by atoms with Crippen molar-refractivity contribution in [2.75, 3.05) is 39.2 Å². The predicted octanol–water partition coefficient (Wildman–Crippen LogP) is 2.55. The molecule has 1 aromatic carbocycles. The lowest BCUT2D eigenvalue weighted by Crippen LogP contribution is -2.42. The van der Waals surface area contributed by atoms with Gasteiger partial charge in [-0.15, -0.1) is 0 Å². The molecule has 1 aromatic rings. The number of rotatable bonds is 6. The molecule has 2 unspecified atom stereocenters. The summed E-state index contributed by atoms with van der Waals surface area (Å²) in [5.74, 6) is 2.53. The van der Waals surface area contributed by atoms with E-state index < -0.39 is 0 Å². The first-order valence-electron chi connectivity index (χ1n) is 8.56. The second kappa shape index (κ2) is 8.78. The summed E-state index contributed by atoms with van der Waals surface area (Å²) in [4.78, 5) is 6.99. The lowest BCUT2D eigenvalue weighted by atomic mass is 9.99. The molecule has 2 atom stereocenters. The highest BCUT2D eigenvalue weighted by molar-refractivity contribution is 5.92. The summed E-state index contributed by atoms with van der Waals surface area (Å²) >= 11 is 0. The van der Waals surface area contributed by atoms with Crippen molar-refractivity contribution >= 4 is 11.6 Å². The highest BCUT2D eigenvalue weighted by Crippen LogP contribution is 2.29. The van der Waals surface area contributed by atoms with Crippen LogP contribution in [0.3, 0.4) is 0 Å². The number of ether oxygens (including phenoxy) is 2. The van der Waals surface area contributed by atoms with Gasteiger partial charge in [0.1, 0.15) is 0 Å². The highest BCUT2D eigenvalue weighted by atomic mass is 16.5. The van der Waals surface area contributed by atoms with Gasteiger partial charge in [0.15, 0.2) is 17.5 Å². The largest absolute Gasteiger partial charge is 0.493 e. The minimum Gasteiger partial charge on any atom is -0.493 e. The van der Waals surface area contributed by atoms with Gasteiger partial charge in [0.2, 0.25) is 0 Å². The molecule has 0 bridgehead atoms. The molecule has 0 spiro atoms. The smallest absolute Gasteiger partial charge is 0.193 e. The Morgan fingerprint density at radius 2 is 2.12 bits per heavy atom. The molecule has 134 valence electrons. The normalized spacial score (nSPS) is 20.5. The maximum Gasteiger partial charge on any atom is 0.193 e. The van der Waals surface area contributed by atoms with E-state index in [9.17, 15) is 0 Å². The Hall–Kier alpha value is -1.95. The monoisotopic (exact) mass is 334 g/mol. The zero-order valence-corrected chi connectivity index (χ0v) is 15.2. The molecule has 0 radical (unpaired) electrons. The molecule has 1 saturated heterocycles. The van der Waals surface area contributed by atoms with Gasteiger partial charge < -0.3 is 20.5 Å². The van der Waals surface area contributed by atoms with Gasteiger partial charge >= 0.3 is 0 Å². The first-order chi connectivity index (χ1) is 11.5. The number of nitrogens with zero attached hydrogens (tertiary/aromatic N) is 2. The van der Waals surface area contributed by atoms with Crippen LogP contribution in [0.25, 0.3) is 0 Å². The number of likely N-dealkylation sites (tertiary alicyclic amines) is 1. The molecule has 1 aliphatic rings. The number of hydrogen-bond acceptors (Lipinski definition) is 4. The van der Waals surface area contributed by atoms with E-state index in [0.29, 0.717) is 30.0 Å². The van der Waals surface area contributed by atoms with Crippen LogP contribution < -0.4 is 20.5 Å². The van der Waals surface area contributed by atoms with Crippen molar-refractivity contribution in [1.29, 1.82) is 0 Å². The lowest BCUT2D eigenvalue weighted by molar-refractivity contribution is 0.142. The van der Waals surface area contributed by atoms with Crippen LogP contribution in [0.4, 0.5) is 5.69 Å². The summed E-state index contributed by atoms with van der Waals surface area (Å²) in [5, 5.41) is 3.11. The fourth-order valence-corrected chi connectivity index (χ4v) is 3.07. The van der Waals surface area contributed by atoms with Gasteiger partial charge in [-0.25, -0.2) is 0 Å². The van der Waals surface area contributed by atoms with Gasteiger partial charge in [-0.3, -0.25) is 9.89 Å². The fraction of sp³-hybridized carbons (Fsp3) is 0.611. The van der Waals surface area contributed by atoms with Crippen molar-refractivity contribution in [3.63, 3.8) is 0 Å². The van der Waals surface area contributed by atoms with E-state index in [-0.39, 0.29) is 0 Å². The van der Waals surface area contributed by atoms with Crippen molar-refractivity contribution < 1.29 is 9.47 Å². The molecule has 24 heavy (non-hydrogen) atoms. The molecule has 0 saturated carbocycles. The van der Waals surface area contributed by atoms with Crippen molar-refractivity contribution in [1.82, 2.24) is 4.90 Å². The molecular weight excluding hydrogens is 304 g/mol. The van der Waals surface area contributed by atoms with E-state index in [1.165, 1.54) is 12.8 Å². The van der Waals surface area contributed by atoms with Gasteiger partial charge in [0.25, 0.3) is 0 Å². The molecule has 1 aliphatic heterocycles. The molecule has 0 aliphatic carbocycles. The molecule has 2 rings (SSSR count). The third kappa shape index (κ3) is 5.03. The maximum atomic E-state index is 6.02. The van der Waals surface area contributed by atoms with Gasteiger partial charge in [-0.2, -0.15) is 0 Å². The first kappa shape index (κ1) is 18.4. The summed E-state index contributed by atoms with van der Waals surface area (Å²) in [5.41, 5.74) is 6.85. The van der Waals surface area contributed by atoms with Crippen LogP contribution in [-0.2, 0) is 0 Å². The molecule has 6 heteroatoms. The molecule has 0 aromatic heterocycles. The predicted molar refractivity (Wildman–Crippen MR) is 99.1 cm³/mol. The number of piperidine rings is 1. The SMILES string of the molecule is COc1ccc(NC(N)=NCC(C)N2CCCC(C)C2)cc1OC. The van der Waals surface area contributed by atoms with E-state index in [0.717, 1.165) is 24.7 Å². The Morgan fingerprint density at radius 3 is 2.79 bits per heavy atom. The number of benzene rings is 1. The Kier molecular flexibility index (Phi) is 6.73. The van der Waals surface area contributed by atoms with Crippen molar-refractivity contribution in [2.45, 2.75) is 32.7 Å². The van der Waals surface area contributed by atoms with Crippen LogP contribution in [-0.4, -0.2) is 50.8 Å². The van der Waals surface area contributed by atoms with E-state index >= 15 is 0 Å². The van der Waals surface area contributed by atoms with E-state index in [4.69, 9.17) is 15.2 Å². The average molecular weight is 334 g/mol.